The Morgan fingerprint density at radius 3 is 2.79 bits per heavy atom. The van der Waals surface area contributed by atoms with Crippen molar-refractivity contribution in [2.24, 2.45) is 16.7 Å². The maximum atomic E-state index is 11.5. The van der Waals surface area contributed by atoms with E-state index in [0.717, 1.165) is 0 Å². The molecule has 1 aliphatic heterocycles. The van der Waals surface area contributed by atoms with Crippen molar-refractivity contribution < 1.29 is 19.4 Å². The van der Waals surface area contributed by atoms with Gasteiger partial charge in [0.15, 0.2) is 0 Å². The van der Waals surface area contributed by atoms with Crippen LogP contribution >= 0.6 is 0 Å². The van der Waals surface area contributed by atoms with E-state index >= 15 is 0 Å². The molecule has 1 saturated carbocycles. The Bertz CT molecular complexity index is 311. The van der Waals surface area contributed by atoms with Crippen molar-refractivity contribution in [1.82, 2.24) is 0 Å². The van der Waals surface area contributed by atoms with Gasteiger partial charge in [0.05, 0.1) is 17.9 Å². The Hall–Kier alpha value is -1.06. The molecule has 2 aliphatic rings. The Morgan fingerprint density at radius 2 is 2.21 bits per heavy atom. The number of carboxylic acids is 1. The minimum absolute atomic E-state index is 0.233. The second-order valence-corrected chi connectivity index (χ2v) is 4.76. The smallest absolute Gasteiger partial charge is 0.312 e. The molecule has 14 heavy (non-hydrogen) atoms. The number of carbonyl (C=O) groups is 2. The normalized spacial score (nSPS) is 46.1. The lowest BCUT2D eigenvalue weighted by Crippen LogP contribution is -2.40. The first-order chi connectivity index (χ1) is 6.42. The SMILES string of the molecule is C[C@]12CC[C@@H](C(=O)O)[C@@]1(C)COC2=O. The largest absolute Gasteiger partial charge is 0.481 e. The molecule has 2 rings (SSSR count). The fraction of sp³-hybridized carbons (Fsp3) is 0.800. The molecule has 1 N–H and O–H groups in total. The summed E-state index contributed by atoms with van der Waals surface area (Å²) in [5, 5.41) is 9.06. The molecule has 0 aromatic rings. The molecule has 3 atom stereocenters. The molecule has 1 aliphatic carbocycles. The van der Waals surface area contributed by atoms with Gasteiger partial charge in [0.25, 0.3) is 0 Å². The van der Waals surface area contributed by atoms with Crippen LogP contribution in [-0.4, -0.2) is 23.7 Å². The molecule has 0 unspecified atom stereocenters. The van der Waals surface area contributed by atoms with Crippen LogP contribution in [0.1, 0.15) is 26.7 Å². The molecule has 78 valence electrons. The maximum Gasteiger partial charge on any atom is 0.312 e. The van der Waals surface area contributed by atoms with Crippen LogP contribution in [0.3, 0.4) is 0 Å². The highest BCUT2D eigenvalue weighted by atomic mass is 16.5. The third kappa shape index (κ3) is 0.837. The first-order valence-electron chi connectivity index (χ1n) is 4.82. The van der Waals surface area contributed by atoms with Gasteiger partial charge >= 0.3 is 11.9 Å². The average Bonchev–Trinajstić information content (AvgIpc) is 2.47. The average molecular weight is 198 g/mol. The fourth-order valence-electron chi connectivity index (χ4n) is 2.79. The van der Waals surface area contributed by atoms with E-state index in [1.807, 2.05) is 13.8 Å². The number of carbonyl (C=O) groups excluding carboxylic acids is 1. The van der Waals surface area contributed by atoms with Crippen molar-refractivity contribution in [2.45, 2.75) is 26.7 Å². The molecule has 1 saturated heterocycles. The summed E-state index contributed by atoms with van der Waals surface area (Å²) in [4.78, 5) is 22.6. The second-order valence-electron chi connectivity index (χ2n) is 4.76. The summed E-state index contributed by atoms with van der Waals surface area (Å²) in [7, 11) is 0. The maximum absolute atomic E-state index is 11.5. The van der Waals surface area contributed by atoms with Crippen molar-refractivity contribution in [3.63, 3.8) is 0 Å². The number of rotatable bonds is 1. The highest BCUT2D eigenvalue weighted by molar-refractivity contribution is 5.83. The van der Waals surface area contributed by atoms with Gasteiger partial charge in [0.1, 0.15) is 0 Å². The number of hydrogen-bond donors (Lipinski definition) is 1. The molecule has 0 aromatic heterocycles. The van der Waals surface area contributed by atoms with Gasteiger partial charge in [0, 0.05) is 5.41 Å². The minimum Gasteiger partial charge on any atom is -0.481 e. The molecule has 0 bridgehead atoms. The third-order valence-electron chi connectivity index (χ3n) is 4.21. The summed E-state index contributed by atoms with van der Waals surface area (Å²) in [6, 6.07) is 0. The number of fused-ring (bicyclic) bond motifs is 1. The van der Waals surface area contributed by atoms with E-state index in [1.165, 1.54) is 0 Å². The van der Waals surface area contributed by atoms with E-state index in [2.05, 4.69) is 0 Å². The highest BCUT2D eigenvalue weighted by Crippen LogP contribution is 2.60. The van der Waals surface area contributed by atoms with Gasteiger partial charge in [-0.15, -0.1) is 0 Å². The molecule has 0 amide bonds. The zero-order valence-corrected chi connectivity index (χ0v) is 8.37. The molecule has 1 heterocycles. The van der Waals surface area contributed by atoms with E-state index in [9.17, 15) is 9.59 Å². The van der Waals surface area contributed by atoms with Gasteiger partial charge in [-0.1, -0.05) is 6.92 Å². The number of carboxylic acid groups (broad SMARTS) is 1. The van der Waals surface area contributed by atoms with Gasteiger partial charge in [-0.25, -0.2) is 0 Å². The Labute approximate surface area is 82.2 Å². The predicted octanol–water partition coefficient (Wildman–Crippen LogP) is 1.05. The first kappa shape index (κ1) is 9.49. The quantitative estimate of drug-likeness (QED) is 0.639. The first-order valence-corrected chi connectivity index (χ1v) is 4.82. The monoisotopic (exact) mass is 198 g/mol. The van der Waals surface area contributed by atoms with Crippen molar-refractivity contribution in [3.8, 4) is 0 Å². The molecule has 0 spiro atoms. The van der Waals surface area contributed by atoms with Crippen LogP contribution in [0, 0.1) is 16.7 Å². The standard InChI is InChI=1S/C10H14O4/c1-9-4-3-6(7(11)12)10(9,2)5-14-8(9)13/h6H,3-5H2,1-2H3,(H,11,12)/t6-,9+,10+/m0/s1. The van der Waals surface area contributed by atoms with E-state index in [4.69, 9.17) is 9.84 Å². The summed E-state index contributed by atoms with van der Waals surface area (Å²) >= 11 is 0. The van der Waals surface area contributed by atoms with E-state index in [-0.39, 0.29) is 12.6 Å². The molecule has 0 aromatic carbocycles. The van der Waals surface area contributed by atoms with Crippen LogP contribution in [-0.2, 0) is 14.3 Å². The number of esters is 1. The van der Waals surface area contributed by atoms with Crippen molar-refractivity contribution >= 4 is 11.9 Å². The second kappa shape index (κ2) is 2.49. The van der Waals surface area contributed by atoms with Crippen LogP contribution in [0.15, 0.2) is 0 Å². The summed E-state index contributed by atoms with van der Waals surface area (Å²) in [5.74, 6) is -1.49. The van der Waals surface area contributed by atoms with Crippen LogP contribution in [0.5, 0.6) is 0 Å². The molecular weight excluding hydrogens is 184 g/mol. The van der Waals surface area contributed by atoms with E-state index in [0.29, 0.717) is 12.8 Å². The Kier molecular flexibility index (Phi) is 1.69. The van der Waals surface area contributed by atoms with Crippen LogP contribution in [0.4, 0.5) is 0 Å². The van der Waals surface area contributed by atoms with Crippen molar-refractivity contribution in [1.29, 1.82) is 0 Å². The van der Waals surface area contributed by atoms with Crippen LogP contribution < -0.4 is 0 Å². The lowest BCUT2D eigenvalue weighted by molar-refractivity contribution is -0.146. The lowest BCUT2D eigenvalue weighted by Gasteiger charge is -2.31. The Morgan fingerprint density at radius 1 is 1.57 bits per heavy atom. The fourth-order valence-corrected chi connectivity index (χ4v) is 2.79. The van der Waals surface area contributed by atoms with E-state index < -0.39 is 22.7 Å². The van der Waals surface area contributed by atoms with Crippen LogP contribution in [0.25, 0.3) is 0 Å². The minimum atomic E-state index is -0.811. The van der Waals surface area contributed by atoms with Gasteiger partial charge in [0.2, 0.25) is 0 Å². The predicted molar refractivity (Wildman–Crippen MR) is 47.5 cm³/mol. The van der Waals surface area contributed by atoms with Gasteiger partial charge in [-0.2, -0.15) is 0 Å². The van der Waals surface area contributed by atoms with Crippen molar-refractivity contribution in [2.75, 3.05) is 6.61 Å². The number of cyclic esters (lactones) is 1. The Balaban J connectivity index is 2.42. The zero-order valence-electron chi connectivity index (χ0n) is 8.37. The van der Waals surface area contributed by atoms with Crippen LogP contribution in [0.2, 0.25) is 0 Å². The number of aliphatic carboxylic acids is 1. The van der Waals surface area contributed by atoms with E-state index in [1.54, 1.807) is 0 Å². The van der Waals surface area contributed by atoms with Gasteiger partial charge < -0.3 is 9.84 Å². The summed E-state index contributed by atoms with van der Waals surface area (Å²) in [6.07, 6.45) is 1.21. The number of hydrogen-bond acceptors (Lipinski definition) is 3. The molecule has 4 heteroatoms. The molecular formula is C10H14O4. The van der Waals surface area contributed by atoms with Crippen molar-refractivity contribution in [3.05, 3.63) is 0 Å². The molecule has 0 radical (unpaired) electrons. The summed E-state index contributed by atoms with van der Waals surface area (Å²) in [5.41, 5.74) is -1.11. The summed E-state index contributed by atoms with van der Waals surface area (Å²) in [6.45, 7) is 3.92. The topological polar surface area (TPSA) is 63.6 Å². The lowest BCUT2D eigenvalue weighted by atomic mass is 9.66. The number of ether oxygens (including phenoxy) is 1. The zero-order chi connectivity index (χ0) is 10.6. The highest BCUT2D eigenvalue weighted by Gasteiger charge is 2.65. The van der Waals surface area contributed by atoms with Gasteiger partial charge in [-0.3, -0.25) is 9.59 Å². The molecule has 2 fully saturated rings. The summed E-state index contributed by atoms with van der Waals surface area (Å²) < 4.78 is 5.00. The molecule has 4 nitrogen and oxygen atoms in total. The third-order valence-corrected chi connectivity index (χ3v) is 4.21. The van der Waals surface area contributed by atoms with Gasteiger partial charge in [-0.05, 0) is 19.8 Å².